The first-order valence-electron chi connectivity index (χ1n) is 5.94. The van der Waals surface area contributed by atoms with E-state index in [1.807, 2.05) is 0 Å². The van der Waals surface area contributed by atoms with Crippen LogP contribution in [-0.4, -0.2) is 41.6 Å². The quantitative estimate of drug-likeness (QED) is 0.570. The minimum absolute atomic E-state index is 0. The molecule has 6 nitrogen and oxygen atoms in total. The number of benzene rings is 1. The topological polar surface area (TPSA) is 84.5 Å². The van der Waals surface area contributed by atoms with Gasteiger partial charge in [-0.3, -0.25) is 0 Å². The van der Waals surface area contributed by atoms with Crippen LogP contribution in [0.3, 0.4) is 0 Å². The monoisotopic (exact) mass is 356 g/mol. The summed E-state index contributed by atoms with van der Waals surface area (Å²) in [7, 11) is -0.606. The predicted molar refractivity (Wildman–Crippen MR) is 83.8 cm³/mol. The normalized spacial score (nSPS) is 10.8. The van der Waals surface area contributed by atoms with Gasteiger partial charge in [0, 0.05) is 6.54 Å². The van der Waals surface area contributed by atoms with Gasteiger partial charge < -0.3 is 10.1 Å². The molecule has 1 aromatic carbocycles. The van der Waals surface area contributed by atoms with Crippen molar-refractivity contribution in [1.82, 2.24) is 10.0 Å². The van der Waals surface area contributed by atoms with Crippen molar-refractivity contribution in [2.45, 2.75) is 11.3 Å². The zero-order valence-electron chi connectivity index (χ0n) is 11.7. The van der Waals surface area contributed by atoms with Gasteiger partial charge in [-0.25, -0.2) is 17.9 Å². The third kappa shape index (κ3) is 5.80. The van der Waals surface area contributed by atoms with Gasteiger partial charge in [0.25, 0.3) is 0 Å². The number of hydrogen-bond donors (Lipinski definition) is 2. The van der Waals surface area contributed by atoms with Crippen LogP contribution in [0.4, 0.5) is 0 Å². The van der Waals surface area contributed by atoms with Crippen LogP contribution in [-0.2, 0) is 14.8 Å². The van der Waals surface area contributed by atoms with Crippen molar-refractivity contribution in [3.05, 3.63) is 28.8 Å². The summed E-state index contributed by atoms with van der Waals surface area (Å²) >= 11 is 5.89. The predicted octanol–water partition coefficient (Wildman–Crippen LogP) is 1.44. The molecule has 0 aliphatic heterocycles. The largest absolute Gasteiger partial charge is 0.465 e. The van der Waals surface area contributed by atoms with Crippen LogP contribution in [0.25, 0.3) is 0 Å². The van der Waals surface area contributed by atoms with E-state index in [9.17, 15) is 13.2 Å². The van der Waals surface area contributed by atoms with Gasteiger partial charge in [-0.1, -0.05) is 11.6 Å². The molecule has 0 bridgehead atoms. The molecule has 0 spiro atoms. The lowest BCUT2D eigenvalue weighted by Gasteiger charge is -2.08. The third-order valence-corrected chi connectivity index (χ3v) is 4.32. The Morgan fingerprint density at radius 3 is 2.52 bits per heavy atom. The molecule has 9 heteroatoms. The van der Waals surface area contributed by atoms with Crippen molar-refractivity contribution in [3.63, 3.8) is 0 Å². The SMILES string of the molecule is CNCCCNS(=O)(=O)c1ccc(C(=O)OC)c(Cl)c1.Cl. The molecule has 1 aromatic rings. The van der Waals surface area contributed by atoms with E-state index in [0.717, 1.165) is 0 Å². The molecular weight excluding hydrogens is 339 g/mol. The maximum Gasteiger partial charge on any atom is 0.339 e. The molecule has 0 fully saturated rings. The lowest BCUT2D eigenvalue weighted by molar-refractivity contribution is 0.0601. The van der Waals surface area contributed by atoms with Gasteiger partial charge in [0.05, 0.1) is 22.6 Å². The number of carbonyl (C=O) groups excluding carboxylic acids is 1. The fourth-order valence-corrected chi connectivity index (χ4v) is 2.92. The zero-order chi connectivity index (χ0) is 15.2. The molecule has 0 aliphatic carbocycles. The minimum atomic E-state index is -3.63. The molecule has 0 aromatic heterocycles. The number of halogens is 2. The molecule has 0 unspecified atom stereocenters. The van der Waals surface area contributed by atoms with Crippen LogP contribution < -0.4 is 10.0 Å². The summed E-state index contributed by atoms with van der Waals surface area (Å²) in [4.78, 5) is 11.4. The second-order valence-corrected chi connectivity index (χ2v) is 6.16. The Morgan fingerprint density at radius 2 is 2.00 bits per heavy atom. The van der Waals surface area contributed by atoms with Gasteiger partial charge in [0.2, 0.25) is 10.0 Å². The molecule has 0 saturated heterocycles. The maximum absolute atomic E-state index is 12.0. The molecular formula is C12H18Cl2N2O4S. The maximum atomic E-state index is 12.0. The number of methoxy groups -OCH3 is 1. The average Bonchev–Trinajstić information content (AvgIpc) is 2.42. The molecule has 0 heterocycles. The number of sulfonamides is 1. The van der Waals surface area contributed by atoms with Crippen LogP contribution in [0, 0.1) is 0 Å². The number of carbonyl (C=O) groups is 1. The van der Waals surface area contributed by atoms with E-state index in [4.69, 9.17) is 11.6 Å². The Labute approximate surface area is 135 Å². The lowest BCUT2D eigenvalue weighted by Crippen LogP contribution is -2.26. The van der Waals surface area contributed by atoms with Gasteiger partial charge in [0.1, 0.15) is 0 Å². The van der Waals surface area contributed by atoms with Crippen LogP contribution in [0.2, 0.25) is 5.02 Å². The highest BCUT2D eigenvalue weighted by Gasteiger charge is 2.17. The van der Waals surface area contributed by atoms with E-state index >= 15 is 0 Å². The van der Waals surface area contributed by atoms with Crippen LogP contribution in [0.15, 0.2) is 23.1 Å². The summed E-state index contributed by atoms with van der Waals surface area (Å²) < 4.78 is 31.0. The van der Waals surface area contributed by atoms with Crippen molar-refractivity contribution < 1.29 is 17.9 Å². The van der Waals surface area contributed by atoms with Crippen molar-refractivity contribution in [2.24, 2.45) is 0 Å². The summed E-state index contributed by atoms with van der Waals surface area (Å²) in [6.45, 7) is 1.03. The minimum Gasteiger partial charge on any atom is -0.465 e. The molecule has 2 N–H and O–H groups in total. The Balaban J connectivity index is 0.00000400. The Morgan fingerprint density at radius 1 is 1.33 bits per heavy atom. The zero-order valence-corrected chi connectivity index (χ0v) is 14.1. The summed E-state index contributed by atoms with van der Waals surface area (Å²) in [5.74, 6) is -0.610. The second-order valence-electron chi connectivity index (χ2n) is 3.99. The van der Waals surface area contributed by atoms with E-state index in [1.54, 1.807) is 7.05 Å². The summed E-state index contributed by atoms with van der Waals surface area (Å²) in [5.41, 5.74) is 0.128. The Kier molecular flexibility index (Phi) is 8.84. The molecule has 0 radical (unpaired) electrons. The first-order chi connectivity index (χ1) is 9.42. The van der Waals surface area contributed by atoms with Gasteiger partial charge in [-0.05, 0) is 38.2 Å². The number of ether oxygens (including phenoxy) is 1. The van der Waals surface area contributed by atoms with Crippen LogP contribution in [0.5, 0.6) is 0 Å². The summed E-state index contributed by atoms with van der Waals surface area (Å²) in [6, 6.07) is 3.88. The fraction of sp³-hybridized carbons (Fsp3) is 0.417. The summed E-state index contributed by atoms with van der Waals surface area (Å²) in [5, 5.41) is 2.96. The Hall–Kier alpha value is -0.860. The van der Waals surface area contributed by atoms with E-state index in [-0.39, 0.29) is 27.9 Å². The molecule has 0 aliphatic rings. The van der Waals surface area contributed by atoms with E-state index < -0.39 is 16.0 Å². The smallest absolute Gasteiger partial charge is 0.339 e. The van der Waals surface area contributed by atoms with Crippen LogP contribution in [0.1, 0.15) is 16.8 Å². The van der Waals surface area contributed by atoms with Crippen LogP contribution >= 0.6 is 24.0 Å². The third-order valence-electron chi connectivity index (χ3n) is 2.55. The highest BCUT2D eigenvalue weighted by atomic mass is 35.5. The van der Waals surface area contributed by atoms with E-state index in [2.05, 4.69) is 14.8 Å². The molecule has 120 valence electrons. The van der Waals surface area contributed by atoms with Crippen molar-refractivity contribution in [3.8, 4) is 0 Å². The standard InChI is InChI=1S/C12H17ClN2O4S.ClH/c1-14-6-3-7-15-20(17,18)9-4-5-10(11(13)8-9)12(16)19-2;/h4-5,8,14-15H,3,6-7H2,1-2H3;1H. The van der Waals surface area contributed by atoms with E-state index in [1.165, 1.54) is 25.3 Å². The number of nitrogens with one attached hydrogen (secondary N) is 2. The number of rotatable bonds is 7. The van der Waals surface area contributed by atoms with Crippen molar-refractivity contribution in [2.75, 3.05) is 27.2 Å². The van der Waals surface area contributed by atoms with E-state index in [0.29, 0.717) is 19.5 Å². The first-order valence-corrected chi connectivity index (χ1v) is 7.80. The molecule has 0 saturated carbocycles. The number of esters is 1. The molecule has 0 amide bonds. The van der Waals surface area contributed by atoms with Gasteiger partial charge in [-0.15, -0.1) is 12.4 Å². The second kappa shape index (κ2) is 9.22. The highest BCUT2D eigenvalue weighted by Crippen LogP contribution is 2.21. The summed E-state index contributed by atoms with van der Waals surface area (Å²) in [6.07, 6.45) is 0.670. The van der Waals surface area contributed by atoms with Gasteiger partial charge in [-0.2, -0.15) is 0 Å². The molecule has 21 heavy (non-hydrogen) atoms. The average molecular weight is 357 g/mol. The Bertz CT molecular complexity index is 579. The number of hydrogen-bond acceptors (Lipinski definition) is 5. The van der Waals surface area contributed by atoms with Gasteiger partial charge >= 0.3 is 5.97 Å². The molecule has 1 rings (SSSR count). The van der Waals surface area contributed by atoms with Crippen molar-refractivity contribution >= 4 is 40.0 Å². The fourth-order valence-electron chi connectivity index (χ4n) is 1.49. The molecule has 0 atom stereocenters. The van der Waals surface area contributed by atoms with Gasteiger partial charge in [0.15, 0.2) is 0 Å². The highest BCUT2D eigenvalue weighted by molar-refractivity contribution is 7.89. The van der Waals surface area contributed by atoms with Crippen molar-refractivity contribution in [1.29, 1.82) is 0 Å². The lowest BCUT2D eigenvalue weighted by atomic mass is 10.2. The first kappa shape index (κ1) is 20.1.